The molecule has 0 heterocycles. The topological polar surface area (TPSA) is 75.3 Å². The molecule has 0 radical (unpaired) electrons. The quantitative estimate of drug-likeness (QED) is 0.755. The molecule has 0 saturated heterocycles. The minimum absolute atomic E-state index is 0.134. The van der Waals surface area contributed by atoms with Gasteiger partial charge in [-0.05, 0) is 43.2 Å². The Morgan fingerprint density at radius 3 is 2.38 bits per heavy atom. The molecule has 0 spiro atoms. The van der Waals surface area contributed by atoms with Crippen molar-refractivity contribution in [3.05, 3.63) is 65.2 Å². The van der Waals surface area contributed by atoms with E-state index in [0.29, 0.717) is 5.56 Å². The zero-order valence-corrected chi connectivity index (χ0v) is 14.7. The van der Waals surface area contributed by atoms with E-state index >= 15 is 0 Å². The average Bonchev–Trinajstić information content (AvgIpc) is 2.58. The number of sulfonamides is 1. The SMILES string of the molecule is CCc1ccc(S(=O)(=O)NCCNC(=O)c2cccc(C)c2)cc1. The highest BCUT2D eigenvalue weighted by Gasteiger charge is 2.13. The van der Waals surface area contributed by atoms with Crippen molar-refractivity contribution in [1.82, 2.24) is 10.0 Å². The van der Waals surface area contributed by atoms with Crippen LogP contribution in [0.25, 0.3) is 0 Å². The predicted molar refractivity (Wildman–Crippen MR) is 94.5 cm³/mol. The maximum atomic E-state index is 12.2. The lowest BCUT2D eigenvalue weighted by molar-refractivity contribution is 0.0954. The zero-order valence-electron chi connectivity index (χ0n) is 13.9. The average molecular weight is 346 g/mol. The van der Waals surface area contributed by atoms with E-state index < -0.39 is 10.0 Å². The van der Waals surface area contributed by atoms with Crippen LogP contribution < -0.4 is 10.0 Å². The van der Waals surface area contributed by atoms with Crippen LogP contribution in [0.4, 0.5) is 0 Å². The molecule has 0 aliphatic rings. The third kappa shape index (κ3) is 4.91. The molecule has 2 aromatic rings. The molecule has 2 rings (SSSR count). The van der Waals surface area contributed by atoms with Crippen molar-refractivity contribution in [2.75, 3.05) is 13.1 Å². The van der Waals surface area contributed by atoms with Gasteiger partial charge in [-0.25, -0.2) is 13.1 Å². The van der Waals surface area contributed by atoms with E-state index in [4.69, 9.17) is 0 Å². The van der Waals surface area contributed by atoms with Crippen LogP contribution in [0.5, 0.6) is 0 Å². The molecule has 6 heteroatoms. The van der Waals surface area contributed by atoms with Crippen molar-refractivity contribution in [3.8, 4) is 0 Å². The van der Waals surface area contributed by atoms with Crippen LogP contribution in [0.3, 0.4) is 0 Å². The third-order valence-corrected chi connectivity index (χ3v) is 5.10. The smallest absolute Gasteiger partial charge is 0.251 e. The van der Waals surface area contributed by atoms with Crippen LogP contribution in [0.1, 0.15) is 28.4 Å². The molecule has 0 aromatic heterocycles. The van der Waals surface area contributed by atoms with Gasteiger partial charge in [0.1, 0.15) is 0 Å². The molecule has 2 N–H and O–H groups in total. The van der Waals surface area contributed by atoms with Crippen LogP contribution in [-0.4, -0.2) is 27.4 Å². The third-order valence-electron chi connectivity index (χ3n) is 3.62. The number of amides is 1. The van der Waals surface area contributed by atoms with E-state index in [1.54, 1.807) is 36.4 Å². The van der Waals surface area contributed by atoms with Crippen molar-refractivity contribution in [2.45, 2.75) is 25.2 Å². The molecule has 0 aliphatic heterocycles. The van der Waals surface area contributed by atoms with Gasteiger partial charge in [-0.2, -0.15) is 0 Å². The Morgan fingerprint density at radius 1 is 1.04 bits per heavy atom. The van der Waals surface area contributed by atoms with Gasteiger partial charge in [-0.3, -0.25) is 4.79 Å². The first-order valence-electron chi connectivity index (χ1n) is 7.86. The van der Waals surface area contributed by atoms with Crippen LogP contribution in [0.2, 0.25) is 0 Å². The summed E-state index contributed by atoms with van der Waals surface area (Å²) in [4.78, 5) is 12.2. The van der Waals surface area contributed by atoms with Crippen LogP contribution in [-0.2, 0) is 16.4 Å². The first kappa shape index (κ1) is 18.2. The van der Waals surface area contributed by atoms with Crippen LogP contribution in [0.15, 0.2) is 53.4 Å². The molecular weight excluding hydrogens is 324 g/mol. The van der Waals surface area contributed by atoms with Gasteiger partial charge in [-0.1, -0.05) is 36.8 Å². The molecule has 0 saturated carbocycles. The lowest BCUT2D eigenvalue weighted by Crippen LogP contribution is -2.34. The largest absolute Gasteiger partial charge is 0.351 e. The number of aryl methyl sites for hydroxylation is 2. The Bertz CT molecular complexity index is 799. The number of benzene rings is 2. The molecule has 2 aromatic carbocycles. The van der Waals surface area contributed by atoms with Crippen molar-refractivity contribution >= 4 is 15.9 Å². The summed E-state index contributed by atoms with van der Waals surface area (Å²) < 4.78 is 26.8. The molecule has 1 amide bonds. The highest BCUT2D eigenvalue weighted by molar-refractivity contribution is 7.89. The summed E-state index contributed by atoms with van der Waals surface area (Å²) in [6.45, 7) is 4.28. The molecule has 128 valence electrons. The van der Waals surface area contributed by atoms with Gasteiger partial charge in [-0.15, -0.1) is 0 Å². The molecule has 0 bridgehead atoms. The number of hydrogen-bond acceptors (Lipinski definition) is 3. The Labute approximate surface area is 143 Å². The molecular formula is C18H22N2O3S. The minimum atomic E-state index is -3.56. The fourth-order valence-corrected chi connectivity index (χ4v) is 3.27. The second-order valence-corrected chi connectivity index (χ2v) is 7.29. The predicted octanol–water partition coefficient (Wildman–Crippen LogP) is 2.27. The van der Waals surface area contributed by atoms with E-state index in [1.165, 1.54) is 0 Å². The lowest BCUT2D eigenvalue weighted by Gasteiger charge is -2.09. The Morgan fingerprint density at radius 2 is 1.75 bits per heavy atom. The second kappa shape index (κ2) is 8.08. The first-order chi connectivity index (χ1) is 11.4. The Balaban J connectivity index is 1.85. The van der Waals surface area contributed by atoms with Gasteiger partial charge in [0.25, 0.3) is 5.91 Å². The van der Waals surface area contributed by atoms with Gasteiger partial charge >= 0.3 is 0 Å². The van der Waals surface area contributed by atoms with Crippen molar-refractivity contribution < 1.29 is 13.2 Å². The summed E-state index contributed by atoms with van der Waals surface area (Å²) >= 11 is 0. The molecule has 24 heavy (non-hydrogen) atoms. The van der Waals surface area contributed by atoms with Crippen LogP contribution in [0, 0.1) is 6.92 Å². The Kier molecular flexibility index (Phi) is 6.11. The van der Waals surface area contributed by atoms with Crippen molar-refractivity contribution in [3.63, 3.8) is 0 Å². The number of carbonyl (C=O) groups is 1. The van der Waals surface area contributed by atoms with Gasteiger partial charge in [0.05, 0.1) is 4.90 Å². The summed E-state index contributed by atoms with van der Waals surface area (Å²) in [5, 5.41) is 2.70. The van der Waals surface area contributed by atoms with Gasteiger partial charge < -0.3 is 5.32 Å². The van der Waals surface area contributed by atoms with Gasteiger partial charge in [0, 0.05) is 18.7 Å². The Hall–Kier alpha value is -2.18. The van der Waals surface area contributed by atoms with E-state index in [0.717, 1.165) is 17.5 Å². The number of rotatable bonds is 7. The van der Waals surface area contributed by atoms with E-state index in [9.17, 15) is 13.2 Å². The molecule has 0 atom stereocenters. The summed E-state index contributed by atoms with van der Waals surface area (Å²) in [7, 11) is -3.56. The standard InChI is InChI=1S/C18H22N2O3S/c1-3-15-7-9-17(10-8-15)24(22,23)20-12-11-19-18(21)16-6-4-5-14(2)13-16/h4-10,13,20H,3,11-12H2,1-2H3,(H,19,21). The maximum Gasteiger partial charge on any atom is 0.251 e. The fourth-order valence-electron chi connectivity index (χ4n) is 2.24. The second-order valence-electron chi connectivity index (χ2n) is 5.52. The van der Waals surface area contributed by atoms with E-state index in [1.807, 2.05) is 26.0 Å². The van der Waals surface area contributed by atoms with Crippen molar-refractivity contribution in [2.24, 2.45) is 0 Å². The number of carbonyl (C=O) groups excluding carboxylic acids is 1. The lowest BCUT2D eigenvalue weighted by atomic mass is 10.1. The highest BCUT2D eigenvalue weighted by atomic mass is 32.2. The first-order valence-corrected chi connectivity index (χ1v) is 9.34. The minimum Gasteiger partial charge on any atom is -0.351 e. The fraction of sp³-hybridized carbons (Fsp3) is 0.278. The van der Waals surface area contributed by atoms with Gasteiger partial charge in [0.2, 0.25) is 10.0 Å². The van der Waals surface area contributed by atoms with E-state index in [-0.39, 0.29) is 23.9 Å². The summed E-state index contributed by atoms with van der Waals surface area (Å²) in [5.74, 6) is -0.217. The normalized spacial score (nSPS) is 11.2. The molecule has 0 aliphatic carbocycles. The monoisotopic (exact) mass is 346 g/mol. The highest BCUT2D eigenvalue weighted by Crippen LogP contribution is 2.10. The zero-order chi connectivity index (χ0) is 17.6. The van der Waals surface area contributed by atoms with Crippen molar-refractivity contribution in [1.29, 1.82) is 0 Å². The molecule has 0 fully saturated rings. The number of nitrogens with one attached hydrogen (secondary N) is 2. The molecule has 5 nitrogen and oxygen atoms in total. The maximum absolute atomic E-state index is 12.2. The van der Waals surface area contributed by atoms with E-state index in [2.05, 4.69) is 10.0 Å². The summed E-state index contributed by atoms with van der Waals surface area (Å²) in [6, 6.07) is 14.0. The summed E-state index contributed by atoms with van der Waals surface area (Å²) in [6.07, 6.45) is 0.860. The number of hydrogen-bond donors (Lipinski definition) is 2. The van der Waals surface area contributed by atoms with Crippen LogP contribution >= 0.6 is 0 Å². The summed E-state index contributed by atoms with van der Waals surface area (Å²) in [5.41, 5.74) is 2.64. The molecule has 0 unspecified atom stereocenters. The van der Waals surface area contributed by atoms with Gasteiger partial charge in [0.15, 0.2) is 0 Å².